The molecule has 0 aromatic rings. The molecule has 7 atom stereocenters. The Hall–Kier alpha value is -1.85. The number of unbranched alkanes of at least 4 members (excludes halogenated alkanes) is 40. The Kier molecular flexibility index (Phi) is 52.6. The maximum Gasteiger partial charge on any atom is 0.220 e. The first kappa shape index (κ1) is 71.2. The molecule has 0 aromatic carbocycles. The van der Waals surface area contributed by atoms with Crippen LogP contribution >= 0.6 is 0 Å². The third-order valence-electron chi connectivity index (χ3n) is 15.4. The second-order valence-corrected chi connectivity index (χ2v) is 22.5. The highest BCUT2D eigenvalue weighted by molar-refractivity contribution is 5.76. The topological polar surface area (TPSA) is 149 Å². The van der Waals surface area contributed by atoms with Gasteiger partial charge in [-0.1, -0.05) is 281 Å². The van der Waals surface area contributed by atoms with Crippen LogP contribution in [0.15, 0.2) is 48.6 Å². The van der Waals surface area contributed by atoms with Crippen molar-refractivity contribution in [3.8, 4) is 0 Å². The van der Waals surface area contributed by atoms with E-state index in [1.165, 1.54) is 244 Å². The quantitative estimate of drug-likeness (QED) is 0.0261. The smallest absolute Gasteiger partial charge is 0.220 e. The van der Waals surface area contributed by atoms with Gasteiger partial charge >= 0.3 is 0 Å². The fourth-order valence-corrected chi connectivity index (χ4v) is 10.2. The third-order valence-corrected chi connectivity index (χ3v) is 15.4. The third kappa shape index (κ3) is 44.7. The van der Waals surface area contributed by atoms with Crippen LogP contribution in [0.5, 0.6) is 0 Å². The van der Waals surface area contributed by atoms with Crippen molar-refractivity contribution in [1.82, 2.24) is 5.32 Å². The largest absolute Gasteiger partial charge is 0.394 e. The number of rotatable bonds is 56. The summed E-state index contributed by atoms with van der Waals surface area (Å²) in [7, 11) is 0. The minimum absolute atomic E-state index is 0.186. The lowest BCUT2D eigenvalue weighted by Gasteiger charge is -2.40. The Labute approximate surface area is 463 Å². The Morgan fingerprint density at radius 2 is 0.760 bits per heavy atom. The molecule has 7 unspecified atom stereocenters. The second kappa shape index (κ2) is 55.5. The number of ether oxygens (including phenoxy) is 2. The summed E-state index contributed by atoms with van der Waals surface area (Å²) in [6.45, 7) is 3.78. The number of hydrogen-bond donors (Lipinski definition) is 6. The molecule has 1 aliphatic rings. The average Bonchev–Trinajstić information content (AvgIpc) is 3.41. The molecule has 75 heavy (non-hydrogen) atoms. The van der Waals surface area contributed by atoms with E-state index in [1.54, 1.807) is 6.08 Å². The van der Waals surface area contributed by atoms with Crippen LogP contribution < -0.4 is 5.32 Å². The molecule has 9 nitrogen and oxygen atoms in total. The van der Waals surface area contributed by atoms with Crippen LogP contribution in [0, 0.1) is 0 Å². The monoisotopic (exact) mass is 1060 g/mol. The van der Waals surface area contributed by atoms with E-state index in [0.29, 0.717) is 6.42 Å². The van der Waals surface area contributed by atoms with Gasteiger partial charge in [0.25, 0.3) is 0 Å². The number of carbonyl (C=O) groups excluding carboxylic acids is 1. The van der Waals surface area contributed by atoms with Crippen molar-refractivity contribution in [3.05, 3.63) is 48.6 Å². The highest BCUT2D eigenvalue weighted by atomic mass is 16.7. The van der Waals surface area contributed by atoms with Crippen LogP contribution in [0.25, 0.3) is 0 Å². The molecule has 1 aliphatic heterocycles. The fraction of sp³-hybridized carbons (Fsp3) is 0.864. The standard InChI is InChI=1S/C66H123NO8/c1-3-5-7-9-11-13-15-17-19-21-22-23-24-25-26-27-28-29-30-31-32-33-34-35-36-37-38-40-42-44-46-48-50-52-54-56-62(70)67-59(58-74-66-65(73)64(72)63(71)61(57-68)75-66)60(69)55-53-51-49-47-45-43-41-39-20-18-16-14-12-10-8-6-4-2/h20-22,39,45,47,53,55,59-61,63-66,68-69,71-73H,3-19,23-38,40-44,46,48-52,54,56-58H2,1-2H3,(H,67,70)/b22-21-,39-20+,47-45+,55-53+. The van der Waals surface area contributed by atoms with Crippen molar-refractivity contribution >= 4 is 5.91 Å². The number of aliphatic hydroxyl groups excluding tert-OH is 5. The zero-order chi connectivity index (χ0) is 54.3. The first-order chi connectivity index (χ1) is 36.8. The minimum Gasteiger partial charge on any atom is -0.394 e. The summed E-state index contributed by atoms with van der Waals surface area (Å²) in [5, 5.41) is 54.5. The van der Waals surface area contributed by atoms with Crippen LogP contribution in [-0.2, 0) is 14.3 Å². The Balaban J connectivity index is 2.11. The summed E-state index contributed by atoms with van der Waals surface area (Å²) >= 11 is 0. The molecule has 9 heteroatoms. The van der Waals surface area contributed by atoms with Gasteiger partial charge in [-0.2, -0.15) is 0 Å². The van der Waals surface area contributed by atoms with Crippen molar-refractivity contribution in [2.45, 2.75) is 352 Å². The molecule has 0 aliphatic carbocycles. The number of nitrogens with one attached hydrogen (secondary N) is 1. The van der Waals surface area contributed by atoms with Crippen LogP contribution in [0.3, 0.4) is 0 Å². The molecule has 0 radical (unpaired) electrons. The highest BCUT2D eigenvalue weighted by Crippen LogP contribution is 2.23. The summed E-state index contributed by atoms with van der Waals surface area (Å²) in [5.41, 5.74) is 0. The molecule has 0 bridgehead atoms. The van der Waals surface area contributed by atoms with Gasteiger partial charge in [-0.25, -0.2) is 0 Å². The molecule has 1 heterocycles. The lowest BCUT2D eigenvalue weighted by molar-refractivity contribution is -0.302. The van der Waals surface area contributed by atoms with Gasteiger partial charge in [-0.15, -0.1) is 0 Å². The predicted molar refractivity (Wildman–Crippen MR) is 318 cm³/mol. The van der Waals surface area contributed by atoms with E-state index in [0.717, 1.165) is 44.9 Å². The zero-order valence-corrected chi connectivity index (χ0v) is 49.1. The van der Waals surface area contributed by atoms with Crippen LogP contribution in [-0.4, -0.2) is 87.5 Å². The fourth-order valence-electron chi connectivity index (χ4n) is 10.2. The predicted octanol–water partition coefficient (Wildman–Crippen LogP) is 16.9. The molecule has 440 valence electrons. The summed E-state index contributed by atoms with van der Waals surface area (Å²) in [5.74, 6) is -0.186. The summed E-state index contributed by atoms with van der Waals surface area (Å²) in [6.07, 6.45) is 67.9. The van der Waals surface area contributed by atoms with Gasteiger partial charge in [0.15, 0.2) is 6.29 Å². The summed E-state index contributed by atoms with van der Waals surface area (Å²) < 4.78 is 11.3. The molecule has 6 N–H and O–H groups in total. The number of hydrogen-bond acceptors (Lipinski definition) is 8. The minimum atomic E-state index is -1.57. The number of allylic oxidation sites excluding steroid dienone is 7. The molecular weight excluding hydrogens is 935 g/mol. The number of amides is 1. The van der Waals surface area contributed by atoms with E-state index < -0.39 is 49.5 Å². The van der Waals surface area contributed by atoms with Crippen molar-refractivity contribution in [3.63, 3.8) is 0 Å². The molecular formula is C66H123NO8. The molecule has 0 saturated carbocycles. The Morgan fingerprint density at radius 3 is 1.12 bits per heavy atom. The van der Waals surface area contributed by atoms with E-state index in [1.807, 2.05) is 6.08 Å². The van der Waals surface area contributed by atoms with E-state index in [9.17, 15) is 30.3 Å². The number of aliphatic hydroxyl groups is 5. The molecule has 0 spiro atoms. The normalized spacial score (nSPS) is 19.2. The van der Waals surface area contributed by atoms with Gasteiger partial charge in [-0.05, 0) is 70.6 Å². The van der Waals surface area contributed by atoms with Gasteiger partial charge < -0.3 is 40.3 Å². The van der Waals surface area contributed by atoms with Crippen molar-refractivity contribution in [2.75, 3.05) is 13.2 Å². The average molecular weight is 1060 g/mol. The van der Waals surface area contributed by atoms with Crippen LogP contribution in [0.4, 0.5) is 0 Å². The number of carbonyl (C=O) groups is 1. The van der Waals surface area contributed by atoms with E-state index in [2.05, 4.69) is 55.6 Å². The van der Waals surface area contributed by atoms with Crippen LogP contribution in [0.2, 0.25) is 0 Å². The van der Waals surface area contributed by atoms with Gasteiger partial charge in [0.1, 0.15) is 24.4 Å². The molecule has 0 aromatic heterocycles. The van der Waals surface area contributed by atoms with E-state index >= 15 is 0 Å². The highest BCUT2D eigenvalue weighted by Gasteiger charge is 2.44. The Morgan fingerprint density at radius 1 is 0.440 bits per heavy atom. The molecule has 1 rings (SSSR count). The summed E-state index contributed by atoms with van der Waals surface area (Å²) in [6, 6.07) is -0.828. The maximum atomic E-state index is 13.1. The molecule has 1 fully saturated rings. The van der Waals surface area contributed by atoms with Gasteiger partial charge in [-0.3, -0.25) is 4.79 Å². The lowest BCUT2D eigenvalue weighted by atomic mass is 9.99. The van der Waals surface area contributed by atoms with Gasteiger partial charge in [0.2, 0.25) is 5.91 Å². The SMILES string of the molecule is CCCCCCCCC/C=C/CC/C=C/CC/C=C/C(O)C(COC1OC(CO)C(O)C(O)C1O)NC(=O)CCCCCCCCCCCCCCCCCCCCCCCCC/C=C\CCCCCCCCCC. The maximum absolute atomic E-state index is 13.1. The first-order valence-corrected chi connectivity index (χ1v) is 32.4. The van der Waals surface area contributed by atoms with Crippen LogP contribution in [0.1, 0.15) is 309 Å². The lowest BCUT2D eigenvalue weighted by Crippen LogP contribution is -2.60. The van der Waals surface area contributed by atoms with E-state index in [-0.39, 0.29) is 12.5 Å². The van der Waals surface area contributed by atoms with E-state index in [4.69, 9.17) is 9.47 Å². The summed E-state index contributed by atoms with van der Waals surface area (Å²) in [4.78, 5) is 13.1. The first-order valence-electron chi connectivity index (χ1n) is 32.4. The second-order valence-electron chi connectivity index (χ2n) is 22.5. The molecule has 1 saturated heterocycles. The van der Waals surface area contributed by atoms with Crippen molar-refractivity contribution < 1.29 is 39.8 Å². The van der Waals surface area contributed by atoms with Gasteiger partial charge in [0.05, 0.1) is 25.4 Å². The Bertz CT molecular complexity index is 1320. The molecule has 1 amide bonds. The van der Waals surface area contributed by atoms with Gasteiger partial charge in [0, 0.05) is 6.42 Å². The van der Waals surface area contributed by atoms with Crippen molar-refractivity contribution in [1.29, 1.82) is 0 Å². The zero-order valence-electron chi connectivity index (χ0n) is 49.1. The van der Waals surface area contributed by atoms with Crippen molar-refractivity contribution in [2.24, 2.45) is 0 Å².